The number of unbranched alkanes of at least 4 members (excludes halogenated alkanes) is 1. The molecule has 0 radical (unpaired) electrons. The number of fused-ring (bicyclic) bond motifs is 1. The van der Waals surface area contributed by atoms with E-state index in [1.54, 1.807) is 10.4 Å². The fourth-order valence-corrected chi connectivity index (χ4v) is 4.99. The van der Waals surface area contributed by atoms with E-state index in [0.717, 1.165) is 42.2 Å². The third-order valence-corrected chi connectivity index (χ3v) is 7.18. The Morgan fingerprint density at radius 1 is 1.19 bits per heavy atom. The summed E-state index contributed by atoms with van der Waals surface area (Å²) in [6, 6.07) is 0. The number of nitrogens with zero attached hydrogens (tertiary/aromatic N) is 1. The number of hydrogen-bond donors (Lipinski definition) is 3. The molecule has 1 aromatic heterocycles. The predicted molar refractivity (Wildman–Crippen MR) is 169 cm³/mol. The molecule has 1 heterocycles. The van der Waals surface area contributed by atoms with Gasteiger partial charge in [0.05, 0.1) is 5.49 Å². The van der Waals surface area contributed by atoms with E-state index in [2.05, 4.69) is 75.2 Å². The molecule has 0 atom stereocenters. The molecule has 2 aliphatic carbocycles. The van der Waals surface area contributed by atoms with Gasteiger partial charge in [-0.3, -0.25) is 0 Å². The summed E-state index contributed by atoms with van der Waals surface area (Å²) in [5.41, 5.74) is 11.0. The summed E-state index contributed by atoms with van der Waals surface area (Å²) in [7, 11) is 5.92. The Morgan fingerprint density at radius 3 is 2.25 bits per heavy atom. The third-order valence-electron chi connectivity index (χ3n) is 5.98. The number of hydrogen-bond acceptors (Lipinski definition) is 5. The van der Waals surface area contributed by atoms with E-state index in [4.69, 9.17) is 0 Å². The lowest BCUT2D eigenvalue weighted by Crippen LogP contribution is -2.22. The van der Waals surface area contributed by atoms with Gasteiger partial charge < -0.3 is 21.3 Å². The van der Waals surface area contributed by atoms with Gasteiger partial charge in [0.2, 0.25) is 0 Å². The topological polar surface area (TPSA) is 53.3 Å². The molecule has 2 aliphatic rings. The summed E-state index contributed by atoms with van der Waals surface area (Å²) in [6.07, 6.45) is 15.4. The van der Waals surface area contributed by atoms with E-state index in [-0.39, 0.29) is 0 Å². The summed E-state index contributed by atoms with van der Waals surface area (Å²) >= 11 is 6.04. The van der Waals surface area contributed by atoms with Crippen LogP contribution in [-0.4, -0.2) is 38.1 Å². The van der Waals surface area contributed by atoms with Crippen molar-refractivity contribution in [3.8, 4) is 0 Å². The van der Waals surface area contributed by atoms with E-state index in [9.17, 15) is 0 Å². The van der Waals surface area contributed by atoms with Gasteiger partial charge in [0.1, 0.15) is 5.82 Å². The minimum atomic E-state index is 0.918. The molecule has 0 spiro atoms. The van der Waals surface area contributed by atoms with E-state index >= 15 is 0 Å². The van der Waals surface area contributed by atoms with Gasteiger partial charge in [0.25, 0.3) is 0 Å². The molecule has 3 rings (SSSR count). The molecule has 0 amide bonds. The first kappa shape index (κ1) is 34.0. The number of aryl methyl sites for hydroxylation is 2. The average Bonchev–Trinajstić information content (AvgIpc) is 3.62. The molecule has 0 saturated heterocycles. The molecule has 0 aliphatic heterocycles. The highest BCUT2D eigenvalue weighted by Gasteiger charge is 2.23. The molecule has 1 fully saturated rings. The van der Waals surface area contributed by atoms with Crippen LogP contribution in [0.15, 0.2) is 43.3 Å². The number of thiophene rings is 1. The van der Waals surface area contributed by atoms with Gasteiger partial charge in [-0.15, -0.1) is 17.9 Å². The molecule has 4 N–H and O–H groups in total. The Bertz CT molecular complexity index is 832. The van der Waals surface area contributed by atoms with Crippen molar-refractivity contribution >= 4 is 34.7 Å². The van der Waals surface area contributed by atoms with Gasteiger partial charge in [-0.05, 0) is 75.8 Å². The third kappa shape index (κ3) is 13.9. The van der Waals surface area contributed by atoms with Crippen molar-refractivity contribution in [3.05, 3.63) is 64.2 Å². The largest absolute Gasteiger partial charge is 0.396 e. The Balaban J connectivity index is 0.000000556. The summed E-state index contributed by atoms with van der Waals surface area (Å²) in [5, 5.41) is 6.64. The van der Waals surface area contributed by atoms with Crippen LogP contribution >= 0.6 is 23.6 Å². The molecular weight excluding hydrogens is 480 g/mol. The summed E-state index contributed by atoms with van der Waals surface area (Å²) < 4.78 is 0. The molecule has 36 heavy (non-hydrogen) atoms. The molecule has 1 aromatic rings. The number of allylic oxidation sites excluding steroid dienone is 3. The lowest BCUT2D eigenvalue weighted by atomic mass is 9.94. The summed E-state index contributed by atoms with van der Waals surface area (Å²) in [4.78, 5) is 5.12. The predicted octanol–water partition coefficient (Wildman–Crippen LogP) is 7.36. The molecule has 204 valence electrons. The van der Waals surface area contributed by atoms with Crippen molar-refractivity contribution in [2.45, 2.75) is 78.6 Å². The SMILES string of the molecule is C=C(/C=C(/NC)N(C)C)CC.C=C(NCC1CC1)c1c(C)sc2c1CCCC2.C=CCCC.NC=S. The quantitative estimate of drug-likeness (QED) is 0.167. The van der Waals surface area contributed by atoms with Crippen molar-refractivity contribution in [3.63, 3.8) is 0 Å². The van der Waals surface area contributed by atoms with Crippen LogP contribution in [0, 0.1) is 12.8 Å². The van der Waals surface area contributed by atoms with Crippen LogP contribution in [-0.2, 0) is 12.8 Å². The van der Waals surface area contributed by atoms with Crippen molar-refractivity contribution in [2.75, 3.05) is 27.7 Å². The van der Waals surface area contributed by atoms with Gasteiger partial charge in [0, 0.05) is 48.7 Å². The Labute approximate surface area is 231 Å². The number of nitrogens with two attached hydrogens (primary N) is 1. The fourth-order valence-electron chi connectivity index (χ4n) is 3.70. The second kappa shape index (κ2) is 20.1. The van der Waals surface area contributed by atoms with E-state index in [1.165, 1.54) is 61.1 Å². The minimum absolute atomic E-state index is 0.918. The maximum atomic E-state index is 4.54. The fraction of sp³-hybridized carbons (Fsp3) is 0.567. The van der Waals surface area contributed by atoms with Crippen LogP contribution in [0.2, 0.25) is 0 Å². The van der Waals surface area contributed by atoms with Crippen LogP contribution in [0.25, 0.3) is 5.70 Å². The maximum absolute atomic E-state index is 4.54. The zero-order valence-corrected chi connectivity index (χ0v) is 25.5. The van der Waals surface area contributed by atoms with Crippen LogP contribution < -0.4 is 16.4 Å². The first-order valence-electron chi connectivity index (χ1n) is 13.2. The van der Waals surface area contributed by atoms with E-state index < -0.39 is 0 Å². The molecule has 0 aromatic carbocycles. The highest BCUT2D eigenvalue weighted by Crippen LogP contribution is 2.37. The first-order chi connectivity index (χ1) is 17.2. The monoisotopic (exact) mass is 532 g/mol. The number of thiocarbonyl (C=S) groups is 1. The van der Waals surface area contributed by atoms with Gasteiger partial charge in [-0.1, -0.05) is 57.3 Å². The second-order valence-corrected chi connectivity index (χ2v) is 10.9. The van der Waals surface area contributed by atoms with Crippen LogP contribution in [0.3, 0.4) is 0 Å². The van der Waals surface area contributed by atoms with Crippen LogP contribution in [0.1, 0.15) is 79.7 Å². The maximum Gasteiger partial charge on any atom is 0.101 e. The molecular formula is C30H52N4S2. The van der Waals surface area contributed by atoms with Crippen molar-refractivity contribution in [2.24, 2.45) is 11.7 Å². The van der Waals surface area contributed by atoms with Crippen molar-refractivity contribution in [1.29, 1.82) is 0 Å². The standard InChI is InChI=1S/C15H21NS.C9H18N2.C5H10.CH3NS/c1-10(16-9-12-7-8-12)15-11(2)17-14-6-4-3-5-13(14)15;1-6-8(2)7-9(10-3)11(4)5;1-3-5-4-2;2-1-3/h12,16H,1,3-9H2,2H3;7,10H,2,6H2,1,3-5H3;3H,1,4-5H2,2H3;1H,(H2,2,3)/b;9-7-;;. The van der Waals surface area contributed by atoms with Gasteiger partial charge >= 0.3 is 0 Å². The van der Waals surface area contributed by atoms with E-state index in [1.807, 2.05) is 43.5 Å². The minimum Gasteiger partial charge on any atom is -0.396 e. The van der Waals surface area contributed by atoms with Crippen molar-refractivity contribution in [1.82, 2.24) is 15.5 Å². The molecule has 4 nitrogen and oxygen atoms in total. The Morgan fingerprint density at radius 2 is 1.81 bits per heavy atom. The number of rotatable bonds is 10. The zero-order valence-electron chi connectivity index (χ0n) is 23.8. The second-order valence-electron chi connectivity index (χ2n) is 9.34. The summed E-state index contributed by atoms with van der Waals surface area (Å²) in [6.45, 7) is 19.3. The summed E-state index contributed by atoms with van der Waals surface area (Å²) in [5.74, 6) is 2.01. The van der Waals surface area contributed by atoms with Crippen molar-refractivity contribution < 1.29 is 0 Å². The van der Waals surface area contributed by atoms with Crippen LogP contribution in [0.4, 0.5) is 0 Å². The molecule has 6 heteroatoms. The lowest BCUT2D eigenvalue weighted by molar-refractivity contribution is 0.475. The smallest absolute Gasteiger partial charge is 0.101 e. The normalized spacial score (nSPS) is 13.7. The van der Waals surface area contributed by atoms with Gasteiger partial charge in [0.15, 0.2) is 0 Å². The lowest BCUT2D eigenvalue weighted by Gasteiger charge is -2.16. The molecule has 0 unspecified atom stereocenters. The first-order valence-corrected chi connectivity index (χ1v) is 14.5. The Kier molecular flexibility index (Phi) is 18.9. The van der Waals surface area contributed by atoms with E-state index in [0.29, 0.717) is 0 Å². The molecule has 1 saturated carbocycles. The van der Waals surface area contributed by atoms with Gasteiger partial charge in [-0.2, -0.15) is 0 Å². The number of nitrogens with one attached hydrogen (secondary N) is 2. The zero-order chi connectivity index (χ0) is 27.5. The highest BCUT2D eigenvalue weighted by atomic mass is 32.1. The molecule has 0 bridgehead atoms. The highest BCUT2D eigenvalue weighted by molar-refractivity contribution is 7.78. The average molecular weight is 533 g/mol. The Hall–Kier alpha value is -2.05. The van der Waals surface area contributed by atoms with Gasteiger partial charge in [-0.25, -0.2) is 0 Å². The van der Waals surface area contributed by atoms with Crippen LogP contribution in [0.5, 0.6) is 0 Å².